The third kappa shape index (κ3) is 4.15. The molecule has 1 aromatic heterocycles. The van der Waals surface area contributed by atoms with Crippen LogP contribution in [0.15, 0.2) is 23.4 Å². The maximum absolute atomic E-state index is 6.16. The van der Waals surface area contributed by atoms with Gasteiger partial charge < -0.3 is 5.32 Å². The lowest BCUT2D eigenvalue weighted by molar-refractivity contribution is 0.381. The van der Waals surface area contributed by atoms with Gasteiger partial charge in [0.05, 0.1) is 5.02 Å². The number of rotatable bonds is 5. The lowest BCUT2D eigenvalue weighted by Gasteiger charge is -2.29. The van der Waals surface area contributed by atoms with Crippen molar-refractivity contribution in [3.8, 4) is 0 Å². The summed E-state index contributed by atoms with van der Waals surface area (Å²) in [5.74, 6) is 0. The van der Waals surface area contributed by atoms with Gasteiger partial charge in [-0.25, -0.2) is 4.98 Å². The Labute approximate surface area is 119 Å². The van der Waals surface area contributed by atoms with Crippen LogP contribution in [0.3, 0.4) is 0 Å². The summed E-state index contributed by atoms with van der Waals surface area (Å²) in [5.41, 5.74) is 0. The van der Waals surface area contributed by atoms with E-state index in [4.69, 9.17) is 11.6 Å². The molecule has 0 aliphatic heterocycles. The lowest BCUT2D eigenvalue weighted by Crippen LogP contribution is -2.35. The second-order valence-electron chi connectivity index (χ2n) is 4.85. The summed E-state index contributed by atoms with van der Waals surface area (Å²) in [6.07, 6.45) is 8.17. The van der Waals surface area contributed by atoms with Crippen LogP contribution in [0.5, 0.6) is 0 Å². The maximum atomic E-state index is 6.16. The minimum Gasteiger partial charge on any atom is -0.314 e. The molecule has 1 saturated carbocycles. The molecule has 1 N–H and O–H groups in total. The van der Waals surface area contributed by atoms with Gasteiger partial charge in [0.1, 0.15) is 5.03 Å². The molecule has 2 atom stereocenters. The fraction of sp³-hybridized carbons (Fsp3) is 0.643. The van der Waals surface area contributed by atoms with E-state index in [-0.39, 0.29) is 0 Å². The number of halogens is 1. The molecular weight excluding hydrogens is 264 g/mol. The van der Waals surface area contributed by atoms with Gasteiger partial charge in [0.15, 0.2) is 0 Å². The molecule has 1 aromatic rings. The average molecular weight is 285 g/mol. The second kappa shape index (κ2) is 7.37. The topological polar surface area (TPSA) is 24.9 Å². The summed E-state index contributed by atoms with van der Waals surface area (Å²) in [7, 11) is 0. The van der Waals surface area contributed by atoms with Gasteiger partial charge in [0.25, 0.3) is 0 Å². The smallest absolute Gasteiger partial charge is 0.115 e. The normalized spacial score (nSPS) is 24.1. The van der Waals surface area contributed by atoms with E-state index in [1.807, 2.05) is 30.1 Å². The second-order valence-corrected chi connectivity index (χ2v) is 6.54. The van der Waals surface area contributed by atoms with Gasteiger partial charge in [0, 0.05) is 17.5 Å². The van der Waals surface area contributed by atoms with Crippen LogP contribution in [-0.4, -0.2) is 22.8 Å². The highest BCUT2D eigenvalue weighted by Crippen LogP contribution is 2.35. The molecule has 0 aromatic carbocycles. The van der Waals surface area contributed by atoms with Crippen molar-refractivity contribution in [2.75, 3.05) is 6.54 Å². The van der Waals surface area contributed by atoms with Gasteiger partial charge in [0.2, 0.25) is 0 Å². The summed E-state index contributed by atoms with van der Waals surface area (Å²) >= 11 is 8.01. The van der Waals surface area contributed by atoms with Gasteiger partial charge in [-0.1, -0.05) is 24.9 Å². The van der Waals surface area contributed by atoms with Crippen molar-refractivity contribution >= 4 is 23.4 Å². The van der Waals surface area contributed by atoms with E-state index in [0.717, 1.165) is 16.6 Å². The lowest BCUT2D eigenvalue weighted by atomic mass is 9.95. The van der Waals surface area contributed by atoms with Gasteiger partial charge in [-0.3, -0.25) is 0 Å². The largest absolute Gasteiger partial charge is 0.314 e. The van der Waals surface area contributed by atoms with Crippen LogP contribution in [0.4, 0.5) is 0 Å². The monoisotopic (exact) mass is 284 g/mol. The van der Waals surface area contributed by atoms with Crippen molar-refractivity contribution in [2.24, 2.45) is 0 Å². The van der Waals surface area contributed by atoms with Crippen molar-refractivity contribution < 1.29 is 0 Å². The van der Waals surface area contributed by atoms with Crippen LogP contribution in [0.1, 0.15) is 39.0 Å². The Morgan fingerprint density at radius 2 is 2.39 bits per heavy atom. The summed E-state index contributed by atoms with van der Waals surface area (Å²) < 4.78 is 0. The average Bonchev–Trinajstić information content (AvgIpc) is 2.40. The highest BCUT2D eigenvalue weighted by atomic mass is 35.5. The first-order chi connectivity index (χ1) is 8.79. The molecule has 0 spiro atoms. The van der Waals surface area contributed by atoms with Crippen LogP contribution in [-0.2, 0) is 0 Å². The third-order valence-electron chi connectivity index (χ3n) is 3.31. The maximum Gasteiger partial charge on any atom is 0.115 e. The Bertz CT molecular complexity index is 373. The Morgan fingerprint density at radius 3 is 3.17 bits per heavy atom. The molecule has 2 rings (SSSR count). The van der Waals surface area contributed by atoms with Crippen molar-refractivity contribution in [3.05, 3.63) is 23.4 Å². The van der Waals surface area contributed by atoms with Crippen LogP contribution in [0, 0.1) is 0 Å². The van der Waals surface area contributed by atoms with Crippen molar-refractivity contribution in [3.63, 3.8) is 0 Å². The molecule has 1 fully saturated rings. The van der Waals surface area contributed by atoms with Gasteiger partial charge in [-0.2, -0.15) is 0 Å². The van der Waals surface area contributed by atoms with Crippen LogP contribution in [0.25, 0.3) is 0 Å². The first-order valence-electron chi connectivity index (χ1n) is 6.80. The summed E-state index contributed by atoms with van der Waals surface area (Å²) in [6.45, 7) is 3.35. The summed E-state index contributed by atoms with van der Waals surface area (Å²) in [5, 5.41) is 6.06. The number of hydrogen-bond acceptors (Lipinski definition) is 3. The van der Waals surface area contributed by atoms with E-state index in [1.54, 1.807) is 0 Å². The van der Waals surface area contributed by atoms with Crippen molar-refractivity contribution in [1.29, 1.82) is 0 Å². The first-order valence-corrected chi connectivity index (χ1v) is 8.06. The standard InChI is InChI=1S/C14H21ClN2S/c1-2-8-16-11-5-3-6-12(10-11)18-14-13(15)7-4-9-17-14/h4,7,9,11-12,16H,2-3,5-6,8,10H2,1H3. The van der Waals surface area contributed by atoms with Crippen LogP contribution < -0.4 is 5.32 Å². The fourth-order valence-corrected chi connectivity index (χ4v) is 3.89. The Morgan fingerprint density at radius 1 is 1.50 bits per heavy atom. The fourth-order valence-electron chi connectivity index (χ4n) is 2.40. The zero-order chi connectivity index (χ0) is 12.8. The highest BCUT2D eigenvalue weighted by Gasteiger charge is 2.23. The number of nitrogens with one attached hydrogen (secondary N) is 1. The number of pyridine rings is 1. The predicted molar refractivity (Wildman–Crippen MR) is 79.4 cm³/mol. The summed E-state index contributed by atoms with van der Waals surface area (Å²) in [6, 6.07) is 4.49. The van der Waals surface area contributed by atoms with Crippen LogP contribution in [0.2, 0.25) is 5.02 Å². The minimum atomic E-state index is 0.653. The van der Waals surface area contributed by atoms with E-state index >= 15 is 0 Å². The quantitative estimate of drug-likeness (QED) is 0.880. The first kappa shape index (κ1) is 14.2. The molecule has 0 saturated heterocycles. The molecule has 1 aliphatic carbocycles. The summed E-state index contributed by atoms with van der Waals surface area (Å²) in [4.78, 5) is 4.37. The van der Waals surface area contributed by atoms with E-state index in [2.05, 4.69) is 17.2 Å². The predicted octanol–water partition coefficient (Wildman–Crippen LogP) is 4.14. The number of aromatic nitrogens is 1. The molecule has 0 bridgehead atoms. The Hall–Kier alpha value is -0.250. The van der Waals surface area contributed by atoms with Gasteiger partial charge in [-0.15, -0.1) is 11.8 Å². The molecule has 0 radical (unpaired) electrons. The molecule has 2 unspecified atom stereocenters. The molecule has 1 aliphatic rings. The molecule has 1 heterocycles. The molecule has 100 valence electrons. The zero-order valence-electron chi connectivity index (χ0n) is 10.9. The van der Waals surface area contributed by atoms with Gasteiger partial charge >= 0.3 is 0 Å². The van der Waals surface area contributed by atoms with Crippen molar-refractivity contribution in [1.82, 2.24) is 10.3 Å². The van der Waals surface area contributed by atoms with E-state index in [1.165, 1.54) is 32.1 Å². The molecular formula is C14H21ClN2S. The Kier molecular flexibility index (Phi) is 5.80. The number of hydrogen-bond donors (Lipinski definition) is 1. The zero-order valence-corrected chi connectivity index (χ0v) is 12.4. The van der Waals surface area contributed by atoms with E-state index in [0.29, 0.717) is 11.3 Å². The number of thioether (sulfide) groups is 1. The van der Waals surface area contributed by atoms with Crippen LogP contribution >= 0.6 is 23.4 Å². The molecule has 0 amide bonds. The molecule has 2 nitrogen and oxygen atoms in total. The third-order valence-corrected chi connectivity index (χ3v) is 5.04. The highest BCUT2D eigenvalue weighted by molar-refractivity contribution is 8.00. The van der Waals surface area contributed by atoms with E-state index < -0.39 is 0 Å². The molecule has 18 heavy (non-hydrogen) atoms. The number of nitrogens with zero attached hydrogens (tertiary/aromatic N) is 1. The minimum absolute atomic E-state index is 0.653. The SMILES string of the molecule is CCCNC1CCCC(Sc2ncccc2Cl)C1. The molecule has 4 heteroatoms. The van der Waals surface area contributed by atoms with Crippen molar-refractivity contribution in [2.45, 2.75) is 55.3 Å². The van der Waals surface area contributed by atoms with Gasteiger partial charge in [-0.05, 0) is 44.4 Å². The van der Waals surface area contributed by atoms with E-state index in [9.17, 15) is 0 Å². The Balaban J connectivity index is 1.87.